The molecule has 0 saturated heterocycles. The van der Waals surface area contributed by atoms with Crippen molar-refractivity contribution in [2.24, 2.45) is 0 Å². The van der Waals surface area contributed by atoms with E-state index in [0.717, 1.165) is 5.56 Å². The molecule has 1 aromatic carbocycles. The van der Waals surface area contributed by atoms with E-state index in [2.05, 4.69) is 0 Å². The highest BCUT2D eigenvalue weighted by Gasteiger charge is 2.13. The molecule has 0 N–H and O–H groups in total. The van der Waals surface area contributed by atoms with Crippen molar-refractivity contribution >= 4 is 5.97 Å². The predicted octanol–water partition coefficient (Wildman–Crippen LogP) is 1.94. The molecule has 0 spiro atoms. The van der Waals surface area contributed by atoms with Gasteiger partial charge in [-0.25, -0.2) is 0 Å². The van der Waals surface area contributed by atoms with E-state index in [9.17, 15) is 4.79 Å². The van der Waals surface area contributed by atoms with Crippen LogP contribution in [-0.2, 0) is 14.3 Å². The standard InChI is InChI=1S/C11H14O3/c1-9(12)14-11(8-13-2)10-6-4-3-5-7-10/h3-7,11H,8H2,1-2H3/t11-/m0/s1. The minimum atomic E-state index is -0.307. The molecule has 0 radical (unpaired) electrons. The Morgan fingerprint density at radius 3 is 2.50 bits per heavy atom. The van der Waals surface area contributed by atoms with Gasteiger partial charge in [-0.15, -0.1) is 0 Å². The summed E-state index contributed by atoms with van der Waals surface area (Å²) in [5.74, 6) is -0.295. The number of carbonyl (C=O) groups excluding carboxylic acids is 1. The van der Waals surface area contributed by atoms with E-state index in [-0.39, 0.29) is 12.1 Å². The molecule has 1 rings (SSSR count). The highest BCUT2D eigenvalue weighted by molar-refractivity contribution is 5.66. The fourth-order valence-electron chi connectivity index (χ4n) is 1.22. The van der Waals surface area contributed by atoms with Crippen molar-refractivity contribution in [3.63, 3.8) is 0 Å². The molecular formula is C11H14O3. The maximum Gasteiger partial charge on any atom is 0.303 e. The maximum absolute atomic E-state index is 10.8. The molecule has 0 bridgehead atoms. The largest absolute Gasteiger partial charge is 0.455 e. The number of rotatable bonds is 4. The van der Waals surface area contributed by atoms with Gasteiger partial charge < -0.3 is 9.47 Å². The number of methoxy groups -OCH3 is 1. The van der Waals surface area contributed by atoms with Crippen LogP contribution >= 0.6 is 0 Å². The molecule has 0 aromatic heterocycles. The molecule has 0 heterocycles. The normalized spacial score (nSPS) is 12.1. The van der Waals surface area contributed by atoms with Crippen LogP contribution in [0.4, 0.5) is 0 Å². The third kappa shape index (κ3) is 3.18. The van der Waals surface area contributed by atoms with Crippen molar-refractivity contribution < 1.29 is 14.3 Å². The summed E-state index contributed by atoms with van der Waals surface area (Å²) in [5, 5.41) is 0. The molecule has 0 amide bonds. The Kier molecular flexibility index (Phi) is 4.13. The zero-order valence-corrected chi connectivity index (χ0v) is 8.40. The summed E-state index contributed by atoms with van der Waals surface area (Å²) >= 11 is 0. The van der Waals surface area contributed by atoms with E-state index in [0.29, 0.717) is 6.61 Å². The van der Waals surface area contributed by atoms with Gasteiger partial charge in [0.2, 0.25) is 0 Å². The lowest BCUT2D eigenvalue weighted by atomic mass is 10.1. The molecule has 0 aliphatic carbocycles. The van der Waals surface area contributed by atoms with E-state index >= 15 is 0 Å². The quantitative estimate of drug-likeness (QED) is 0.687. The molecule has 0 fully saturated rings. The van der Waals surface area contributed by atoms with Gasteiger partial charge >= 0.3 is 5.97 Å². The molecule has 0 unspecified atom stereocenters. The van der Waals surface area contributed by atoms with Crippen molar-refractivity contribution in [2.75, 3.05) is 13.7 Å². The van der Waals surface area contributed by atoms with Crippen LogP contribution in [0.3, 0.4) is 0 Å². The van der Waals surface area contributed by atoms with E-state index in [1.807, 2.05) is 30.3 Å². The SMILES string of the molecule is COC[C@H](OC(C)=O)c1ccccc1. The zero-order valence-electron chi connectivity index (χ0n) is 8.40. The average Bonchev–Trinajstić information content (AvgIpc) is 2.18. The third-order valence-corrected chi connectivity index (χ3v) is 1.80. The highest BCUT2D eigenvalue weighted by Crippen LogP contribution is 2.17. The first kappa shape index (κ1) is 10.7. The Labute approximate surface area is 83.6 Å². The van der Waals surface area contributed by atoms with Crippen LogP contribution in [0.15, 0.2) is 30.3 Å². The fraction of sp³-hybridized carbons (Fsp3) is 0.364. The summed E-state index contributed by atoms with van der Waals surface area (Å²) in [7, 11) is 1.58. The molecule has 1 aromatic rings. The molecule has 3 heteroatoms. The van der Waals surface area contributed by atoms with Crippen LogP contribution in [-0.4, -0.2) is 19.7 Å². The molecule has 14 heavy (non-hydrogen) atoms. The van der Waals surface area contributed by atoms with Crippen LogP contribution in [0.2, 0.25) is 0 Å². The van der Waals surface area contributed by atoms with Crippen molar-refractivity contribution in [3.8, 4) is 0 Å². The van der Waals surface area contributed by atoms with Gasteiger partial charge in [-0.3, -0.25) is 4.79 Å². The Morgan fingerprint density at radius 1 is 1.36 bits per heavy atom. The minimum Gasteiger partial charge on any atom is -0.455 e. The Morgan fingerprint density at radius 2 is 2.00 bits per heavy atom. The van der Waals surface area contributed by atoms with Gasteiger partial charge in [-0.05, 0) is 5.56 Å². The first-order valence-electron chi connectivity index (χ1n) is 4.45. The summed E-state index contributed by atoms with van der Waals surface area (Å²) in [6.45, 7) is 1.77. The molecule has 3 nitrogen and oxygen atoms in total. The summed E-state index contributed by atoms with van der Waals surface area (Å²) < 4.78 is 10.1. The maximum atomic E-state index is 10.8. The number of hydrogen-bond acceptors (Lipinski definition) is 3. The molecule has 1 atom stereocenters. The Hall–Kier alpha value is -1.35. The number of esters is 1. The van der Waals surface area contributed by atoms with E-state index < -0.39 is 0 Å². The monoisotopic (exact) mass is 194 g/mol. The molecule has 0 aliphatic heterocycles. The van der Waals surface area contributed by atoms with Crippen LogP contribution < -0.4 is 0 Å². The second-order valence-electron chi connectivity index (χ2n) is 2.96. The second-order valence-corrected chi connectivity index (χ2v) is 2.96. The summed E-state index contributed by atoms with van der Waals surface area (Å²) in [6.07, 6.45) is -0.307. The molecular weight excluding hydrogens is 180 g/mol. The number of carbonyl (C=O) groups is 1. The van der Waals surface area contributed by atoms with Gasteiger partial charge in [0, 0.05) is 14.0 Å². The van der Waals surface area contributed by atoms with Crippen LogP contribution in [0.5, 0.6) is 0 Å². The van der Waals surface area contributed by atoms with Crippen molar-refractivity contribution in [2.45, 2.75) is 13.0 Å². The second kappa shape index (κ2) is 5.40. The average molecular weight is 194 g/mol. The number of ether oxygens (including phenoxy) is 2. The van der Waals surface area contributed by atoms with Crippen LogP contribution in [0.1, 0.15) is 18.6 Å². The van der Waals surface area contributed by atoms with Gasteiger partial charge in [0.15, 0.2) is 6.10 Å². The molecule has 0 saturated carbocycles. The van der Waals surface area contributed by atoms with Crippen molar-refractivity contribution in [1.82, 2.24) is 0 Å². The van der Waals surface area contributed by atoms with Gasteiger partial charge in [0.1, 0.15) is 0 Å². The van der Waals surface area contributed by atoms with Gasteiger partial charge in [-0.1, -0.05) is 30.3 Å². The van der Waals surface area contributed by atoms with E-state index in [4.69, 9.17) is 9.47 Å². The molecule has 0 aliphatic rings. The van der Waals surface area contributed by atoms with E-state index in [1.165, 1.54) is 6.92 Å². The van der Waals surface area contributed by atoms with Crippen molar-refractivity contribution in [1.29, 1.82) is 0 Å². The number of benzene rings is 1. The number of hydrogen-bond donors (Lipinski definition) is 0. The molecule has 76 valence electrons. The third-order valence-electron chi connectivity index (χ3n) is 1.80. The smallest absolute Gasteiger partial charge is 0.303 e. The minimum absolute atomic E-state index is 0.295. The van der Waals surface area contributed by atoms with Crippen LogP contribution in [0, 0.1) is 0 Å². The Balaban J connectivity index is 2.72. The summed E-state index contributed by atoms with van der Waals surface area (Å²) in [6, 6.07) is 9.55. The van der Waals surface area contributed by atoms with Crippen LogP contribution in [0.25, 0.3) is 0 Å². The Bertz CT molecular complexity index is 282. The van der Waals surface area contributed by atoms with Crippen molar-refractivity contribution in [3.05, 3.63) is 35.9 Å². The van der Waals surface area contributed by atoms with E-state index in [1.54, 1.807) is 7.11 Å². The first-order chi connectivity index (χ1) is 6.74. The first-order valence-corrected chi connectivity index (χ1v) is 4.45. The lowest BCUT2D eigenvalue weighted by molar-refractivity contribution is -0.149. The zero-order chi connectivity index (χ0) is 10.4. The van der Waals surface area contributed by atoms with Gasteiger partial charge in [-0.2, -0.15) is 0 Å². The fourth-order valence-corrected chi connectivity index (χ4v) is 1.22. The van der Waals surface area contributed by atoms with Gasteiger partial charge in [0.25, 0.3) is 0 Å². The van der Waals surface area contributed by atoms with Gasteiger partial charge in [0.05, 0.1) is 6.61 Å². The topological polar surface area (TPSA) is 35.5 Å². The lowest BCUT2D eigenvalue weighted by Crippen LogP contribution is -2.13. The predicted molar refractivity (Wildman–Crippen MR) is 52.8 cm³/mol. The lowest BCUT2D eigenvalue weighted by Gasteiger charge is -2.16. The highest BCUT2D eigenvalue weighted by atomic mass is 16.6. The summed E-state index contributed by atoms with van der Waals surface area (Å²) in [5.41, 5.74) is 0.949. The summed E-state index contributed by atoms with van der Waals surface area (Å²) in [4.78, 5) is 10.8.